The van der Waals surface area contributed by atoms with E-state index < -0.39 is 0 Å². The highest BCUT2D eigenvalue weighted by atomic mass is 127. The third-order valence-electron chi connectivity index (χ3n) is 3.47. The molecule has 0 spiro atoms. The number of fused-ring (bicyclic) bond motifs is 1. The first kappa shape index (κ1) is 16.1. The Morgan fingerprint density at radius 2 is 1.57 bits per heavy atom. The molecular weight excluding hydrogens is 401 g/mol. The van der Waals surface area contributed by atoms with Crippen molar-refractivity contribution in [2.45, 2.75) is 12.8 Å². The third kappa shape index (κ3) is 4.58. The van der Waals surface area contributed by atoms with E-state index in [1.54, 1.807) is 6.20 Å². The number of hydrogen-bond donors (Lipinski definition) is 0. The molecule has 4 heteroatoms. The Balaban J connectivity index is 1.42. The van der Waals surface area contributed by atoms with Gasteiger partial charge in [0.15, 0.2) is 0 Å². The summed E-state index contributed by atoms with van der Waals surface area (Å²) in [7, 11) is 0. The van der Waals surface area contributed by atoms with Crippen LogP contribution in [0.1, 0.15) is 12.8 Å². The van der Waals surface area contributed by atoms with Gasteiger partial charge in [0.1, 0.15) is 17.0 Å². The molecule has 23 heavy (non-hydrogen) atoms. The van der Waals surface area contributed by atoms with Gasteiger partial charge in [-0.15, -0.1) is 0 Å². The number of rotatable bonds is 7. The molecule has 3 nitrogen and oxygen atoms in total. The molecule has 0 bridgehead atoms. The van der Waals surface area contributed by atoms with Crippen LogP contribution < -0.4 is 9.47 Å². The summed E-state index contributed by atoms with van der Waals surface area (Å²) in [5, 5.41) is 1.10. The Labute approximate surface area is 149 Å². The molecule has 0 radical (unpaired) electrons. The van der Waals surface area contributed by atoms with Crippen LogP contribution in [0.4, 0.5) is 0 Å². The largest absolute Gasteiger partial charge is 0.494 e. The Bertz CT molecular complexity index is 753. The van der Waals surface area contributed by atoms with Crippen molar-refractivity contribution in [3.8, 4) is 11.5 Å². The fraction of sp³-hybridized carbons (Fsp3) is 0.211. The fourth-order valence-electron chi connectivity index (χ4n) is 2.30. The summed E-state index contributed by atoms with van der Waals surface area (Å²) in [5.41, 5.74) is 0.921. The Morgan fingerprint density at radius 1 is 0.826 bits per heavy atom. The minimum absolute atomic E-state index is 0.672. The smallest absolute Gasteiger partial charge is 0.145 e. The van der Waals surface area contributed by atoms with Crippen molar-refractivity contribution in [2.75, 3.05) is 13.2 Å². The highest BCUT2D eigenvalue weighted by molar-refractivity contribution is 14.1. The number of pyridine rings is 1. The average molecular weight is 419 g/mol. The summed E-state index contributed by atoms with van der Waals surface area (Å²) in [5.74, 6) is 1.77. The van der Waals surface area contributed by atoms with E-state index in [0.29, 0.717) is 13.2 Å². The van der Waals surface area contributed by atoms with Crippen molar-refractivity contribution in [3.63, 3.8) is 0 Å². The van der Waals surface area contributed by atoms with Crippen LogP contribution >= 0.6 is 22.6 Å². The van der Waals surface area contributed by atoms with Gasteiger partial charge in [-0.3, -0.25) is 4.98 Å². The first-order chi connectivity index (χ1) is 11.3. The zero-order chi connectivity index (χ0) is 15.9. The van der Waals surface area contributed by atoms with Crippen LogP contribution in [0.2, 0.25) is 0 Å². The van der Waals surface area contributed by atoms with Gasteiger partial charge < -0.3 is 9.47 Å². The normalized spacial score (nSPS) is 10.7. The van der Waals surface area contributed by atoms with E-state index in [0.717, 1.165) is 35.2 Å². The van der Waals surface area contributed by atoms with E-state index >= 15 is 0 Å². The average Bonchev–Trinajstić information content (AvgIpc) is 2.59. The summed E-state index contributed by atoms with van der Waals surface area (Å²) in [4.78, 5) is 4.39. The molecule has 0 aliphatic heterocycles. The van der Waals surface area contributed by atoms with Crippen LogP contribution in [-0.2, 0) is 0 Å². The molecule has 0 fully saturated rings. The van der Waals surface area contributed by atoms with E-state index in [1.165, 1.54) is 3.57 Å². The van der Waals surface area contributed by atoms with Crippen LogP contribution in [-0.4, -0.2) is 18.2 Å². The lowest BCUT2D eigenvalue weighted by Crippen LogP contribution is -2.03. The molecule has 0 aliphatic rings. The molecule has 0 amide bonds. The number of hydrogen-bond acceptors (Lipinski definition) is 3. The van der Waals surface area contributed by atoms with Crippen LogP contribution in [0.5, 0.6) is 11.5 Å². The number of aromatic nitrogens is 1. The van der Waals surface area contributed by atoms with E-state index in [1.807, 2.05) is 54.6 Å². The summed E-state index contributed by atoms with van der Waals surface area (Å²) in [6, 6.07) is 18.1. The number of nitrogens with zero attached hydrogens (tertiary/aromatic N) is 1. The van der Waals surface area contributed by atoms with E-state index in [2.05, 4.69) is 27.6 Å². The van der Waals surface area contributed by atoms with Gasteiger partial charge in [0.25, 0.3) is 0 Å². The number of para-hydroxylation sites is 1. The first-order valence-electron chi connectivity index (χ1n) is 7.68. The van der Waals surface area contributed by atoms with Crippen molar-refractivity contribution in [1.82, 2.24) is 4.98 Å². The molecule has 0 saturated heterocycles. The summed E-state index contributed by atoms with van der Waals surface area (Å²) in [6.07, 6.45) is 3.71. The van der Waals surface area contributed by atoms with Gasteiger partial charge in [-0.2, -0.15) is 0 Å². The predicted molar refractivity (Wildman–Crippen MR) is 101 cm³/mol. The first-order valence-corrected chi connectivity index (χ1v) is 8.76. The maximum atomic E-state index is 5.87. The highest BCUT2D eigenvalue weighted by Gasteiger charge is 2.02. The summed E-state index contributed by atoms with van der Waals surface area (Å²) in [6.45, 7) is 1.38. The second-order valence-electron chi connectivity index (χ2n) is 5.19. The van der Waals surface area contributed by atoms with Crippen molar-refractivity contribution in [2.24, 2.45) is 0 Å². The van der Waals surface area contributed by atoms with E-state index in [4.69, 9.17) is 9.47 Å². The molecule has 3 aromatic rings. The zero-order valence-electron chi connectivity index (χ0n) is 12.7. The molecule has 2 aromatic carbocycles. The molecular formula is C19H18INO2. The van der Waals surface area contributed by atoms with Gasteiger partial charge in [0.05, 0.1) is 13.2 Å². The highest BCUT2D eigenvalue weighted by Crippen LogP contribution is 2.23. The second-order valence-corrected chi connectivity index (χ2v) is 6.43. The standard InChI is InChI=1S/C19H18INO2/c20-16-8-10-17(11-9-16)22-13-1-2-14-23-18-7-3-5-15-6-4-12-21-19(15)18/h3-12H,1-2,13-14H2. The topological polar surface area (TPSA) is 31.4 Å². The van der Waals surface area contributed by atoms with Crippen LogP contribution in [0.25, 0.3) is 10.9 Å². The lowest BCUT2D eigenvalue weighted by Gasteiger charge is -2.09. The van der Waals surface area contributed by atoms with Gasteiger partial charge in [-0.1, -0.05) is 18.2 Å². The molecule has 3 rings (SSSR count). The fourth-order valence-corrected chi connectivity index (χ4v) is 2.66. The zero-order valence-corrected chi connectivity index (χ0v) is 14.9. The summed E-state index contributed by atoms with van der Waals surface area (Å²) >= 11 is 2.29. The molecule has 0 N–H and O–H groups in total. The van der Waals surface area contributed by atoms with Crippen LogP contribution in [0.3, 0.4) is 0 Å². The monoisotopic (exact) mass is 419 g/mol. The summed E-state index contributed by atoms with van der Waals surface area (Å²) < 4.78 is 12.8. The predicted octanol–water partition coefficient (Wildman–Crippen LogP) is 5.08. The molecule has 0 aliphatic carbocycles. The molecule has 1 aromatic heterocycles. The Kier molecular flexibility index (Phi) is 5.69. The second kappa shape index (κ2) is 8.15. The quantitative estimate of drug-likeness (QED) is 0.396. The molecule has 1 heterocycles. The van der Waals surface area contributed by atoms with E-state index in [-0.39, 0.29) is 0 Å². The van der Waals surface area contributed by atoms with Gasteiger partial charge in [0, 0.05) is 15.2 Å². The van der Waals surface area contributed by atoms with Crippen molar-refractivity contribution in [3.05, 3.63) is 64.4 Å². The SMILES string of the molecule is Ic1ccc(OCCCCOc2cccc3cccnc23)cc1. The van der Waals surface area contributed by atoms with Crippen LogP contribution in [0, 0.1) is 3.57 Å². The molecule has 118 valence electrons. The maximum absolute atomic E-state index is 5.87. The van der Waals surface area contributed by atoms with E-state index in [9.17, 15) is 0 Å². The number of ether oxygens (including phenoxy) is 2. The molecule has 0 unspecified atom stereocenters. The van der Waals surface area contributed by atoms with Gasteiger partial charge >= 0.3 is 0 Å². The number of benzene rings is 2. The van der Waals surface area contributed by atoms with Crippen molar-refractivity contribution < 1.29 is 9.47 Å². The minimum Gasteiger partial charge on any atom is -0.494 e. The number of halogens is 1. The third-order valence-corrected chi connectivity index (χ3v) is 4.19. The molecule has 0 atom stereocenters. The lowest BCUT2D eigenvalue weighted by atomic mass is 10.2. The maximum Gasteiger partial charge on any atom is 0.145 e. The van der Waals surface area contributed by atoms with Gasteiger partial charge in [-0.05, 0) is 71.8 Å². The van der Waals surface area contributed by atoms with Gasteiger partial charge in [0.2, 0.25) is 0 Å². The Hall–Kier alpha value is -1.82. The minimum atomic E-state index is 0.672. The van der Waals surface area contributed by atoms with Crippen molar-refractivity contribution in [1.29, 1.82) is 0 Å². The van der Waals surface area contributed by atoms with Crippen molar-refractivity contribution >= 4 is 33.5 Å². The lowest BCUT2D eigenvalue weighted by molar-refractivity contribution is 0.268. The Morgan fingerprint density at radius 3 is 2.39 bits per heavy atom. The van der Waals surface area contributed by atoms with Gasteiger partial charge in [-0.25, -0.2) is 0 Å². The molecule has 0 saturated carbocycles. The number of unbranched alkanes of at least 4 members (excludes halogenated alkanes) is 1. The van der Waals surface area contributed by atoms with Crippen LogP contribution in [0.15, 0.2) is 60.8 Å².